The van der Waals surface area contributed by atoms with Crippen LogP contribution in [-0.2, 0) is 11.2 Å². The summed E-state index contributed by atoms with van der Waals surface area (Å²) in [5, 5.41) is 0. The maximum atomic E-state index is 15.0. The highest BCUT2D eigenvalue weighted by atomic mass is 19.2. The zero-order valence-electron chi connectivity index (χ0n) is 24.1. The normalized spacial score (nSPS) is 16.9. The molecule has 3 aromatic rings. The highest BCUT2D eigenvalue weighted by molar-refractivity contribution is 5.76. The van der Waals surface area contributed by atoms with Crippen LogP contribution in [0.15, 0.2) is 48.6 Å². The predicted molar refractivity (Wildman–Crippen MR) is 152 cm³/mol. The Labute approximate surface area is 247 Å². The molecule has 0 aliphatic heterocycles. The molecule has 0 N–H and O–H groups in total. The van der Waals surface area contributed by atoms with E-state index in [1.807, 2.05) is 26.0 Å². The molecule has 3 aromatic carbocycles. The summed E-state index contributed by atoms with van der Waals surface area (Å²) in [7, 11) is 0. The largest absolute Gasteiger partial charge is 0.490 e. The molecule has 230 valence electrons. The van der Waals surface area contributed by atoms with Gasteiger partial charge in [0.05, 0.1) is 12.5 Å². The summed E-state index contributed by atoms with van der Waals surface area (Å²) in [4.78, 5) is 12.8. The van der Waals surface area contributed by atoms with Gasteiger partial charge in [-0.05, 0) is 93.2 Å². The van der Waals surface area contributed by atoms with E-state index in [0.717, 1.165) is 30.7 Å². The van der Waals surface area contributed by atoms with Gasteiger partial charge in [-0.1, -0.05) is 37.6 Å². The first-order chi connectivity index (χ1) is 20.7. The predicted octanol–water partition coefficient (Wildman–Crippen LogP) is 9.76. The minimum absolute atomic E-state index is 0.177. The van der Waals surface area contributed by atoms with Crippen LogP contribution in [0, 0.1) is 40.8 Å². The molecule has 0 unspecified atom stereocenters. The van der Waals surface area contributed by atoms with E-state index in [4.69, 9.17) is 9.47 Å². The average Bonchev–Trinajstić information content (AvgIpc) is 3.00. The number of ether oxygens (including phenoxy) is 2. The summed E-state index contributed by atoms with van der Waals surface area (Å²) in [5.41, 5.74) is -0.496. The number of esters is 1. The maximum absolute atomic E-state index is 15.0. The van der Waals surface area contributed by atoms with Gasteiger partial charge in [0.25, 0.3) is 0 Å². The van der Waals surface area contributed by atoms with E-state index in [-0.39, 0.29) is 36.7 Å². The minimum Gasteiger partial charge on any atom is -0.490 e. The Morgan fingerprint density at radius 1 is 0.791 bits per heavy atom. The Kier molecular flexibility index (Phi) is 10.9. The molecule has 0 bridgehead atoms. The molecule has 43 heavy (non-hydrogen) atoms. The summed E-state index contributed by atoms with van der Waals surface area (Å²) in [6.07, 6.45) is 7.47. The number of carbonyl (C=O) groups is 1. The summed E-state index contributed by atoms with van der Waals surface area (Å²) >= 11 is 0. The molecule has 1 fully saturated rings. The first-order valence-electron chi connectivity index (χ1n) is 14.6. The molecular formula is C34H34F6O3. The molecule has 0 saturated heterocycles. The molecule has 0 radical (unpaired) electrons. The monoisotopic (exact) mass is 604 g/mol. The fourth-order valence-corrected chi connectivity index (χ4v) is 5.35. The minimum atomic E-state index is -1.52. The number of unbranched alkanes of at least 4 members (excludes halogenated alkanes) is 1. The molecule has 0 amide bonds. The van der Waals surface area contributed by atoms with Gasteiger partial charge in [-0.15, -0.1) is 0 Å². The van der Waals surface area contributed by atoms with Gasteiger partial charge in [-0.3, -0.25) is 4.79 Å². The van der Waals surface area contributed by atoms with E-state index in [1.54, 1.807) is 12.1 Å². The molecule has 0 spiro atoms. The number of hydrogen-bond acceptors (Lipinski definition) is 3. The molecule has 1 saturated carbocycles. The Morgan fingerprint density at radius 2 is 1.42 bits per heavy atom. The van der Waals surface area contributed by atoms with Crippen molar-refractivity contribution >= 4 is 5.97 Å². The summed E-state index contributed by atoms with van der Waals surface area (Å²) in [6, 6.07) is 7.41. The van der Waals surface area contributed by atoms with Gasteiger partial charge in [-0.25, -0.2) is 17.6 Å². The number of allylic oxidation sites excluding steroid dienone is 2. The fourth-order valence-electron chi connectivity index (χ4n) is 5.35. The second-order valence-corrected chi connectivity index (χ2v) is 10.7. The topological polar surface area (TPSA) is 35.5 Å². The summed E-state index contributed by atoms with van der Waals surface area (Å²) in [5.74, 6) is -10.2. The Bertz CT molecular complexity index is 1480. The number of benzene rings is 3. The molecule has 9 heteroatoms. The van der Waals surface area contributed by atoms with Crippen LogP contribution in [0.4, 0.5) is 26.3 Å². The van der Waals surface area contributed by atoms with E-state index < -0.39 is 63.7 Å². The van der Waals surface area contributed by atoms with Crippen LogP contribution >= 0.6 is 0 Å². The third kappa shape index (κ3) is 7.25. The van der Waals surface area contributed by atoms with Crippen molar-refractivity contribution in [1.29, 1.82) is 0 Å². The van der Waals surface area contributed by atoms with Crippen molar-refractivity contribution in [3.05, 3.63) is 94.6 Å². The van der Waals surface area contributed by atoms with Gasteiger partial charge in [0.2, 0.25) is 11.6 Å². The second kappa shape index (κ2) is 14.6. The van der Waals surface area contributed by atoms with Gasteiger partial charge in [0, 0.05) is 11.1 Å². The number of rotatable bonds is 11. The first-order valence-corrected chi connectivity index (χ1v) is 14.6. The van der Waals surface area contributed by atoms with E-state index in [1.165, 1.54) is 0 Å². The second-order valence-electron chi connectivity index (χ2n) is 10.7. The number of halogens is 6. The Hall–Kier alpha value is -3.75. The van der Waals surface area contributed by atoms with Gasteiger partial charge >= 0.3 is 5.97 Å². The lowest BCUT2D eigenvalue weighted by atomic mass is 9.78. The van der Waals surface area contributed by atoms with E-state index >= 15 is 0 Å². The lowest BCUT2D eigenvalue weighted by molar-refractivity contribution is -0.140. The summed E-state index contributed by atoms with van der Waals surface area (Å²) < 4.78 is 98.9. The first kappa shape index (κ1) is 32.2. The molecule has 0 heterocycles. The highest BCUT2D eigenvalue weighted by Gasteiger charge is 2.32. The Morgan fingerprint density at radius 3 is 2.05 bits per heavy atom. The van der Waals surface area contributed by atoms with Crippen LogP contribution in [0.5, 0.6) is 11.5 Å². The van der Waals surface area contributed by atoms with Crippen LogP contribution < -0.4 is 9.47 Å². The lowest BCUT2D eigenvalue weighted by Gasteiger charge is -2.28. The van der Waals surface area contributed by atoms with Crippen LogP contribution in [0.2, 0.25) is 0 Å². The van der Waals surface area contributed by atoms with E-state index in [0.29, 0.717) is 37.7 Å². The molecular weight excluding hydrogens is 570 g/mol. The molecule has 1 aliphatic rings. The van der Waals surface area contributed by atoms with Crippen molar-refractivity contribution < 1.29 is 40.6 Å². The van der Waals surface area contributed by atoms with Crippen LogP contribution in [-0.4, -0.2) is 12.6 Å². The van der Waals surface area contributed by atoms with E-state index in [2.05, 4.69) is 0 Å². The Balaban J connectivity index is 1.40. The SMILES string of the molecule is C/C=C/CCc1ccc(C2CCC(C(=O)Oc3ccc(-c4ccc(OCCCC)c(F)c4F)c(F)c3F)CC2)c(F)c1F. The van der Waals surface area contributed by atoms with Crippen LogP contribution in [0.1, 0.15) is 75.8 Å². The lowest BCUT2D eigenvalue weighted by Crippen LogP contribution is -2.26. The van der Waals surface area contributed by atoms with Gasteiger partial charge < -0.3 is 9.47 Å². The quantitative estimate of drug-likeness (QED) is 0.0719. The molecule has 1 aliphatic carbocycles. The molecule has 0 atom stereocenters. The van der Waals surface area contributed by atoms with Gasteiger partial charge in [0.15, 0.2) is 34.8 Å². The van der Waals surface area contributed by atoms with Crippen LogP contribution in [0.3, 0.4) is 0 Å². The smallest absolute Gasteiger partial charge is 0.314 e. The van der Waals surface area contributed by atoms with Crippen LogP contribution in [0.25, 0.3) is 11.1 Å². The van der Waals surface area contributed by atoms with Crippen molar-refractivity contribution in [2.75, 3.05) is 6.61 Å². The standard InChI is InChI=1S/C34H34F6O3/c1-3-5-7-8-21-13-14-23(29(36)28(21)35)20-9-11-22(12-10-20)34(41)43-27-18-16-25(31(38)33(27)40)24-15-17-26(32(39)30(24)37)42-19-6-4-2/h3,5,13-18,20,22H,4,6-12,19H2,1-2H3/b5-3+. The third-order valence-corrected chi connectivity index (χ3v) is 7.86. The number of hydrogen-bond donors (Lipinski definition) is 0. The van der Waals surface area contributed by atoms with Crippen molar-refractivity contribution in [3.63, 3.8) is 0 Å². The zero-order chi connectivity index (χ0) is 31.1. The number of aryl methyl sites for hydroxylation is 1. The average molecular weight is 605 g/mol. The van der Waals surface area contributed by atoms with E-state index in [9.17, 15) is 31.1 Å². The molecule has 0 aromatic heterocycles. The number of carbonyl (C=O) groups excluding carboxylic acids is 1. The third-order valence-electron chi connectivity index (χ3n) is 7.86. The van der Waals surface area contributed by atoms with Crippen molar-refractivity contribution in [1.82, 2.24) is 0 Å². The van der Waals surface area contributed by atoms with Crippen molar-refractivity contribution in [2.24, 2.45) is 5.92 Å². The van der Waals surface area contributed by atoms with Crippen molar-refractivity contribution in [3.8, 4) is 22.6 Å². The van der Waals surface area contributed by atoms with Gasteiger partial charge in [0.1, 0.15) is 0 Å². The zero-order valence-corrected chi connectivity index (χ0v) is 24.1. The molecule has 3 nitrogen and oxygen atoms in total. The summed E-state index contributed by atoms with van der Waals surface area (Å²) in [6.45, 7) is 3.94. The fraction of sp³-hybridized carbons (Fsp3) is 0.382. The van der Waals surface area contributed by atoms with Gasteiger partial charge in [-0.2, -0.15) is 8.78 Å². The van der Waals surface area contributed by atoms with Crippen molar-refractivity contribution in [2.45, 2.75) is 71.1 Å². The molecule has 4 rings (SSSR count). The highest BCUT2D eigenvalue weighted by Crippen LogP contribution is 2.39. The maximum Gasteiger partial charge on any atom is 0.314 e.